The van der Waals surface area contributed by atoms with Crippen molar-refractivity contribution in [2.75, 3.05) is 6.61 Å². The molecule has 1 aromatic rings. The van der Waals surface area contributed by atoms with E-state index in [0.717, 1.165) is 24.0 Å². The van der Waals surface area contributed by atoms with Gasteiger partial charge in [-0.05, 0) is 43.9 Å². The molecule has 0 amide bonds. The molecule has 0 saturated carbocycles. The maximum absolute atomic E-state index is 11.8. The lowest BCUT2D eigenvalue weighted by Gasteiger charge is -2.10. The van der Waals surface area contributed by atoms with Gasteiger partial charge < -0.3 is 9.84 Å². The summed E-state index contributed by atoms with van der Waals surface area (Å²) in [5.74, 6) is -0.404. The lowest BCUT2D eigenvalue weighted by molar-refractivity contribution is 0.0522. The van der Waals surface area contributed by atoms with Crippen molar-refractivity contribution >= 4 is 5.97 Å². The van der Waals surface area contributed by atoms with Crippen LogP contribution in [0.5, 0.6) is 5.75 Å². The summed E-state index contributed by atoms with van der Waals surface area (Å²) in [7, 11) is 0. The van der Waals surface area contributed by atoms with E-state index in [9.17, 15) is 9.90 Å². The summed E-state index contributed by atoms with van der Waals surface area (Å²) in [6.45, 7) is 6.10. The molecular weight excluding hydrogens is 252 g/mol. The van der Waals surface area contributed by atoms with Gasteiger partial charge in [0.25, 0.3) is 0 Å². The molecule has 0 aliphatic carbocycles. The van der Waals surface area contributed by atoms with Gasteiger partial charge in [0, 0.05) is 0 Å². The van der Waals surface area contributed by atoms with Crippen molar-refractivity contribution in [1.29, 1.82) is 0 Å². The van der Waals surface area contributed by atoms with E-state index < -0.39 is 5.97 Å². The first-order valence-electron chi connectivity index (χ1n) is 7.59. The highest BCUT2D eigenvalue weighted by Crippen LogP contribution is 2.25. The molecule has 0 unspecified atom stereocenters. The van der Waals surface area contributed by atoms with E-state index >= 15 is 0 Å². The van der Waals surface area contributed by atoms with Crippen molar-refractivity contribution < 1.29 is 14.6 Å². The standard InChI is InChI=1S/C17H26O3/c1-4-6-7-8-9-10-14-11-13(3)16(18)15(12-14)17(19)20-5-2/h11-12,18H,4-10H2,1-3H3. The summed E-state index contributed by atoms with van der Waals surface area (Å²) in [5.41, 5.74) is 2.12. The number of benzene rings is 1. The van der Waals surface area contributed by atoms with Gasteiger partial charge in [0.2, 0.25) is 0 Å². The second-order valence-electron chi connectivity index (χ2n) is 5.19. The Bertz CT molecular complexity index is 438. The van der Waals surface area contributed by atoms with E-state index in [4.69, 9.17) is 4.74 Å². The first kappa shape index (κ1) is 16.5. The summed E-state index contributed by atoms with van der Waals surface area (Å²) < 4.78 is 4.98. The molecule has 0 bridgehead atoms. The number of ether oxygens (including phenoxy) is 1. The largest absolute Gasteiger partial charge is 0.507 e. The molecule has 0 fully saturated rings. The quantitative estimate of drug-likeness (QED) is 0.566. The van der Waals surface area contributed by atoms with Crippen molar-refractivity contribution in [3.63, 3.8) is 0 Å². The second-order valence-corrected chi connectivity index (χ2v) is 5.19. The van der Waals surface area contributed by atoms with Crippen molar-refractivity contribution in [2.45, 2.75) is 59.3 Å². The molecule has 20 heavy (non-hydrogen) atoms. The lowest BCUT2D eigenvalue weighted by Crippen LogP contribution is -2.06. The summed E-state index contributed by atoms with van der Waals surface area (Å²) >= 11 is 0. The van der Waals surface area contributed by atoms with Crippen LogP contribution >= 0.6 is 0 Å². The number of aryl methyl sites for hydroxylation is 2. The average Bonchev–Trinajstić information content (AvgIpc) is 2.42. The van der Waals surface area contributed by atoms with E-state index in [1.54, 1.807) is 13.0 Å². The molecule has 0 saturated heterocycles. The monoisotopic (exact) mass is 278 g/mol. The molecular formula is C17H26O3. The van der Waals surface area contributed by atoms with Gasteiger partial charge in [0.1, 0.15) is 11.3 Å². The number of esters is 1. The van der Waals surface area contributed by atoms with Gasteiger partial charge in [-0.2, -0.15) is 0 Å². The maximum atomic E-state index is 11.8. The number of carbonyl (C=O) groups excluding carboxylic acids is 1. The minimum Gasteiger partial charge on any atom is -0.507 e. The predicted molar refractivity (Wildman–Crippen MR) is 81.3 cm³/mol. The highest BCUT2D eigenvalue weighted by atomic mass is 16.5. The van der Waals surface area contributed by atoms with Crippen LogP contribution in [-0.2, 0) is 11.2 Å². The van der Waals surface area contributed by atoms with Gasteiger partial charge in [-0.1, -0.05) is 38.7 Å². The van der Waals surface area contributed by atoms with E-state index in [1.165, 1.54) is 25.7 Å². The molecule has 1 N–H and O–H groups in total. The third-order valence-corrected chi connectivity index (χ3v) is 3.42. The van der Waals surface area contributed by atoms with Crippen molar-refractivity contribution in [2.24, 2.45) is 0 Å². The van der Waals surface area contributed by atoms with Crippen LogP contribution in [0.15, 0.2) is 12.1 Å². The highest BCUT2D eigenvalue weighted by molar-refractivity contribution is 5.93. The van der Waals surface area contributed by atoms with Gasteiger partial charge in [-0.15, -0.1) is 0 Å². The lowest BCUT2D eigenvalue weighted by atomic mass is 10.00. The number of unbranched alkanes of at least 4 members (excludes halogenated alkanes) is 4. The molecule has 0 radical (unpaired) electrons. The third kappa shape index (κ3) is 4.87. The smallest absolute Gasteiger partial charge is 0.341 e. The number of hydrogen-bond donors (Lipinski definition) is 1. The van der Waals surface area contributed by atoms with E-state index in [2.05, 4.69) is 6.92 Å². The summed E-state index contributed by atoms with van der Waals surface area (Å²) in [6.07, 6.45) is 7.05. The maximum Gasteiger partial charge on any atom is 0.341 e. The van der Waals surface area contributed by atoms with Gasteiger partial charge >= 0.3 is 5.97 Å². The van der Waals surface area contributed by atoms with Crippen molar-refractivity contribution in [3.8, 4) is 5.75 Å². The zero-order valence-electron chi connectivity index (χ0n) is 12.9. The highest BCUT2D eigenvalue weighted by Gasteiger charge is 2.15. The summed E-state index contributed by atoms with van der Waals surface area (Å²) in [5, 5.41) is 9.96. The molecule has 112 valence electrons. The molecule has 0 atom stereocenters. The van der Waals surface area contributed by atoms with Crippen LogP contribution < -0.4 is 0 Å². The number of rotatable bonds is 8. The fraction of sp³-hybridized carbons (Fsp3) is 0.588. The SMILES string of the molecule is CCCCCCCc1cc(C)c(O)c(C(=O)OCC)c1. The third-order valence-electron chi connectivity index (χ3n) is 3.42. The van der Waals surface area contributed by atoms with E-state index in [0.29, 0.717) is 6.61 Å². The van der Waals surface area contributed by atoms with Gasteiger partial charge in [0.05, 0.1) is 6.61 Å². The minimum absolute atomic E-state index is 0.0400. The van der Waals surface area contributed by atoms with Gasteiger partial charge in [-0.25, -0.2) is 4.79 Å². The van der Waals surface area contributed by atoms with Crippen LogP contribution in [0.1, 0.15) is 67.4 Å². The Balaban J connectivity index is 2.70. The number of carbonyl (C=O) groups is 1. The Kier molecular flexibility index (Phi) is 7.13. The molecule has 0 aliphatic rings. The molecule has 0 spiro atoms. The predicted octanol–water partition coefficient (Wildman–Crippen LogP) is 4.39. The van der Waals surface area contributed by atoms with Crippen molar-refractivity contribution in [3.05, 3.63) is 28.8 Å². The van der Waals surface area contributed by atoms with Crippen molar-refractivity contribution in [1.82, 2.24) is 0 Å². The number of phenolic OH excluding ortho intramolecular Hbond substituents is 1. The fourth-order valence-corrected chi connectivity index (χ4v) is 2.30. The zero-order valence-corrected chi connectivity index (χ0v) is 12.9. The molecule has 0 heterocycles. The Morgan fingerprint density at radius 3 is 2.50 bits per heavy atom. The Hall–Kier alpha value is -1.51. The molecule has 0 aromatic heterocycles. The zero-order chi connectivity index (χ0) is 15.0. The van der Waals surface area contributed by atoms with E-state index in [-0.39, 0.29) is 11.3 Å². The molecule has 3 heteroatoms. The normalized spacial score (nSPS) is 10.6. The van der Waals surface area contributed by atoms with Crippen LogP contribution in [-0.4, -0.2) is 17.7 Å². The topological polar surface area (TPSA) is 46.5 Å². The summed E-state index contributed by atoms with van der Waals surface area (Å²) in [4.78, 5) is 11.8. The summed E-state index contributed by atoms with van der Waals surface area (Å²) in [6, 6.07) is 3.72. The Morgan fingerprint density at radius 2 is 1.85 bits per heavy atom. The molecule has 1 rings (SSSR count). The second kappa shape index (κ2) is 8.62. The first-order valence-corrected chi connectivity index (χ1v) is 7.59. The molecule has 1 aromatic carbocycles. The van der Waals surface area contributed by atoms with Gasteiger partial charge in [0.15, 0.2) is 0 Å². The number of hydrogen-bond acceptors (Lipinski definition) is 3. The number of aromatic hydroxyl groups is 1. The van der Waals surface area contributed by atoms with Crippen LogP contribution in [0.4, 0.5) is 0 Å². The minimum atomic E-state index is -0.444. The van der Waals surface area contributed by atoms with Gasteiger partial charge in [-0.3, -0.25) is 0 Å². The first-order chi connectivity index (χ1) is 9.60. The Labute approximate surface area is 122 Å². The van der Waals surface area contributed by atoms with Crippen LogP contribution in [0.3, 0.4) is 0 Å². The molecule has 0 aliphatic heterocycles. The fourth-order valence-electron chi connectivity index (χ4n) is 2.30. The average molecular weight is 278 g/mol. The van der Waals surface area contributed by atoms with E-state index in [1.807, 2.05) is 13.0 Å². The molecule has 3 nitrogen and oxygen atoms in total. The Morgan fingerprint density at radius 1 is 1.15 bits per heavy atom. The number of phenols is 1. The van der Waals surface area contributed by atoms with Crippen LogP contribution in [0.25, 0.3) is 0 Å². The van der Waals surface area contributed by atoms with Crippen LogP contribution in [0, 0.1) is 6.92 Å². The van der Waals surface area contributed by atoms with Crippen LogP contribution in [0.2, 0.25) is 0 Å².